The van der Waals surface area contributed by atoms with Gasteiger partial charge in [-0.2, -0.15) is 0 Å². The highest BCUT2D eigenvalue weighted by Crippen LogP contribution is 2.43. The number of aliphatic hydroxyl groups excluding tert-OH is 1. The maximum Gasteiger partial charge on any atom is 0.0656 e. The first-order valence-corrected chi connectivity index (χ1v) is 7.65. The predicted molar refractivity (Wildman–Crippen MR) is 80.3 cm³/mol. The maximum atomic E-state index is 9.06. The number of nitrogens with one attached hydrogen (secondary N) is 1. The van der Waals surface area contributed by atoms with Gasteiger partial charge in [-0.05, 0) is 24.2 Å². The van der Waals surface area contributed by atoms with Gasteiger partial charge in [-0.3, -0.25) is 0 Å². The van der Waals surface area contributed by atoms with Crippen LogP contribution >= 0.6 is 0 Å². The molecule has 1 aliphatic carbocycles. The molecule has 3 heteroatoms. The molecule has 0 radical (unpaired) electrons. The van der Waals surface area contributed by atoms with E-state index in [-0.39, 0.29) is 17.4 Å². The van der Waals surface area contributed by atoms with E-state index >= 15 is 0 Å². The lowest BCUT2D eigenvalue weighted by molar-refractivity contribution is -0.125. The fourth-order valence-electron chi connectivity index (χ4n) is 2.61. The van der Waals surface area contributed by atoms with E-state index in [0.717, 1.165) is 26.0 Å². The van der Waals surface area contributed by atoms with E-state index < -0.39 is 0 Å². The number of hydrogen-bond acceptors (Lipinski definition) is 3. The van der Waals surface area contributed by atoms with Gasteiger partial charge in [0.05, 0.1) is 6.10 Å². The molecule has 1 saturated carbocycles. The molecule has 1 rings (SSSR count). The second-order valence-electron chi connectivity index (χ2n) is 7.84. The molecular formula is C16H33NO2. The molecule has 0 aromatic rings. The van der Waals surface area contributed by atoms with Gasteiger partial charge in [0.2, 0.25) is 0 Å². The molecule has 0 amide bonds. The van der Waals surface area contributed by atoms with Crippen molar-refractivity contribution in [1.29, 1.82) is 0 Å². The molecule has 0 aromatic heterocycles. The van der Waals surface area contributed by atoms with Gasteiger partial charge >= 0.3 is 0 Å². The van der Waals surface area contributed by atoms with Crippen molar-refractivity contribution in [3.63, 3.8) is 0 Å². The van der Waals surface area contributed by atoms with Crippen LogP contribution in [-0.4, -0.2) is 37.0 Å². The van der Waals surface area contributed by atoms with Crippen molar-refractivity contribution in [1.82, 2.24) is 5.32 Å². The fraction of sp³-hybridized carbons (Fsp3) is 1.00. The predicted octanol–water partition coefficient (Wildman–Crippen LogP) is 2.82. The van der Waals surface area contributed by atoms with E-state index in [4.69, 9.17) is 9.84 Å². The molecule has 0 aromatic carbocycles. The lowest BCUT2D eigenvalue weighted by Crippen LogP contribution is -2.62. The van der Waals surface area contributed by atoms with Crippen LogP contribution in [0.25, 0.3) is 0 Å². The van der Waals surface area contributed by atoms with Gasteiger partial charge in [0.1, 0.15) is 0 Å². The molecule has 2 atom stereocenters. The molecule has 114 valence electrons. The van der Waals surface area contributed by atoms with Gasteiger partial charge in [-0.25, -0.2) is 0 Å². The van der Waals surface area contributed by atoms with Gasteiger partial charge in [-0.1, -0.05) is 41.5 Å². The molecule has 19 heavy (non-hydrogen) atoms. The Morgan fingerprint density at radius 3 is 2.47 bits per heavy atom. The topological polar surface area (TPSA) is 41.5 Å². The first-order valence-electron chi connectivity index (χ1n) is 7.65. The van der Waals surface area contributed by atoms with Crippen molar-refractivity contribution >= 4 is 0 Å². The molecular weight excluding hydrogens is 238 g/mol. The van der Waals surface area contributed by atoms with Gasteiger partial charge in [0.25, 0.3) is 0 Å². The molecule has 2 N–H and O–H groups in total. The minimum atomic E-state index is 0.161. The highest BCUT2D eigenvalue weighted by atomic mass is 16.5. The third kappa shape index (κ3) is 4.73. The van der Waals surface area contributed by atoms with Crippen molar-refractivity contribution in [2.75, 3.05) is 19.8 Å². The fourth-order valence-corrected chi connectivity index (χ4v) is 2.61. The zero-order chi connectivity index (χ0) is 14.7. The zero-order valence-corrected chi connectivity index (χ0v) is 13.6. The zero-order valence-electron chi connectivity index (χ0n) is 13.6. The Kier molecular flexibility index (Phi) is 5.84. The Balaban J connectivity index is 2.34. The molecule has 2 unspecified atom stereocenters. The Morgan fingerprint density at radius 2 is 2.00 bits per heavy atom. The maximum absolute atomic E-state index is 9.06. The van der Waals surface area contributed by atoms with E-state index in [2.05, 4.69) is 46.9 Å². The molecule has 0 saturated heterocycles. The van der Waals surface area contributed by atoms with Crippen LogP contribution in [0.1, 0.15) is 54.4 Å². The van der Waals surface area contributed by atoms with Crippen LogP contribution in [0, 0.1) is 16.7 Å². The molecule has 1 aliphatic rings. The van der Waals surface area contributed by atoms with Gasteiger partial charge in [0, 0.05) is 31.2 Å². The summed E-state index contributed by atoms with van der Waals surface area (Å²) in [5, 5.41) is 12.7. The number of ether oxygens (including phenoxy) is 1. The number of aliphatic hydroxyl groups is 1. The summed E-state index contributed by atoms with van der Waals surface area (Å²) in [5.41, 5.74) is 0.374. The molecule has 0 bridgehead atoms. The van der Waals surface area contributed by atoms with Crippen LogP contribution in [0.2, 0.25) is 0 Å². The Labute approximate surface area is 119 Å². The second-order valence-corrected chi connectivity index (χ2v) is 7.84. The second kappa shape index (κ2) is 6.55. The lowest BCUT2D eigenvalue weighted by Gasteiger charge is -2.52. The van der Waals surface area contributed by atoms with Crippen molar-refractivity contribution in [2.24, 2.45) is 16.7 Å². The molecule has 0 aliphatic heterocycles. The lowest BCUT2D eigenvalue weighted by atomic mass is 9.64. The molecule has 0 spiro atoms. The molecule has 0 heterocycles. The Morgan fingerprint density at radius 1 is 1.37 bits per heavy atom. The van der Waals surface area contributed by atoms with E-state index in [0.29, 0.717) is 18.1 Å². The summed E-state index contributed by atoms with van der Waals surface area (Å²) in [6, 6.07) is 0.530. The van der Waals surface area contributed by atoms with E-state index in [1.807, 2.05) is 0 Å². The van der Waals surface area contributed by atoms with Crippen LogP contribution in [0.4, 0.5) is 0 Å². The minimum Gasteiger partial charge on any atom is -0.396 e. The van der Waals surface area contributed by atoms with Crippen molar-refractivity contribution in [3.05, 3.63) is 0 Å². The van der Waals surface area contributed by atoms with E-state index in [9.17, 15) is 0 Å². The Bertz CT molecular complexity index is 274. The SMILES string of the molecule is CC(C)COC1CC(NCC(C)(C)CCO)C1(C)C. The third-order valence-corrected chi connectivity index (χ3v) is 4.42. The van der Waals surface area contributed by atoms with Gasteiger partial charge in [-0.15, -0.1) is 0 Å². The first kappa shape index (κ1) is 16.9. The average molecular weight is 271 g/mol. The quantitative estimate of drug-likeness (QED) is 0.713. The minimum absolute atomic E-state index is 0.161. The van der Waals surface area contributed by atoms with Crippen LogP contribution in [0.3, 0.4) is 0 Å². The van der Waals surface area contributed by atoms with Crippen molar-refractivity contribution in [2.45, 2.75) is 66.5 Å². The van der Waals surface area contributed by atoms with Crippen LogP contribution in [0.15, 0.2) is 0 Å². The number of rotatable bonds is 8. The smallest absolute Gasteiger partial charge is 0.0656 e. The summed E-state index contributed by atoms with van der Waals surface area (Å²) < 4.78 is 5.98. The van der Waals surface area contributed by atoms with Crippen molar-refractivity contribution < 1.29 is 9.84 Å². The van der Waals surface area contributed by atoms with Crippen LogP contribution < -0.4 is 5.32 Å². The standard InChI is InChI=1S/C16H33NO2/c1-12(2)10-19-14-9-13(16(14,5)6)17-11-15(3,4)7-8-18/h12-14,17-18H,7-11H2,1-6H3. The van der Waals surface area contributed by atoms with E-state index in [1.54, 1.807) is 0 Å². The molecule has 1 fully saturated rings. The highest BCUT2D eigenvalue weighted by Gasteiger charge is 2.48. The number of hydrogen-bond donors (Lipinski definition) is 2. The first-order chi connectivity index (χ1) is 8.69. The largest absolute Gasteiger partial charge is 0.396 e. The van der Waals surface area contributed by atoms with Crippen LogP contribution in [-0.2, 0) is 4.74 Å². The van der Waals surface area contributed by atoms with E-state index in [1.165, 1.54) is 0 Å². The normalized spacial score (nSPS) is 26.5. The summed E-state index contributed by atoms with van der Waals surface area (Å²) in [7, 11) is 0. The Hall–Kier alpha value is -0.120. The summed E-state index contributed by atoms with van der Waals surface area (Å²) in [4.78, 5) is 0. The van der Waals surface area contributed by atoms with Crippen LogP contribution in [0.5, 0.6) is 0 Å². The van der Waals surface area contributed by atoms with Gasteiger partial charge in [0.15, 0.2) is 0 Å². The van der Waals surface area contributed by atoms with Crippen molar-refractivity contribution in [3.8, 4) is 0 Å². The summed E-state index contributed by atoms with van der Waals surface area (Å²) in [6.07, 6.45) is 2.34. The summed E-state index contributed by atoms with van der Waals surface area (Å²) in [6.45, 7) is 15.5. The third-order valence-electron chi connectivity index (χ3n) is 4.42. The highest BCUT2D eigenvalue weighted by molar-refractivity contribution is 5.03. The summed E-state index contributed by atoms with van der Waals surface area (Å²) >= 11 is 0. The van der Waals surface area contributed by atoms with Gasteiger partial charge < -0.3 is 15.2 Å². The molecule has 3 nitrogen and oxygen atoms in total. The summed E-state index contributed by atoms with van der Waals surface area (Å²) in [5.74, 6) is 0.603. The average Bonchev–Trinajstić information content (AvgIpc) is 2.26. The monoisotopic (exact) mass is 271 g/mol.